The molecule has 2 rings (SSSR count). The number of nitriles is 1. The van der Waals surface area contributed by atoms with Crippen molar-refractivity contribution in [1.82, 2.24) is 0 Å². The highest BCUT2D eigenvalue weighted by molar-refractivity contribution is 5.91. The van der Waals surface area contributed by atoms with Gasteiger partial charge < -0.3 is 10.6 Å². The van der Waals surface area contributed by atoms with Crippen LogP contribution in [0.5, 0.6) is 0 Å². The lowest BCUT2D eigenvalue weighted by molar-refractivity contribution is -0.384. The Morgan fingerprint density at radius 1 is 1.19 bits per heavy atom. The van der Waals surface area contributed by atoms with E-state index < -0.39 is 28.3 Å². The molecule has 1 amide bonds. The van der Waals surface area contributed by atoms with Crippen LogP contribution in [0.4, 0.5) is 30.2 Å². The second-order valence-electron chi connectivity index (χ2n) is 5.40. The number of carbonyl (C=O) groups excluding carboxylic acids is 1. The van der Waals surface area contributed by atoms with Crippen molar-refractivity contribution in [3.05, 3.63) is 63.7 Å². The molecule has 0 radical (unpaired) electrons. The topological polar surface area (TPSA) is 108 Å². The van der Waals surface area contributed by atoms with Crippen molar-refractivity contribution in [2.75, 3.05) is 17.2 Å². The number of hydrogen-bond acceptors (Lipinski definition) is 5. The molecule has 0 fully saturated rings. The SMILES string of the molecule is N#Cc1ccc(NC(=O)CCNc2ccc(C(F)(F)F)cc2[N+](=O)[O-])cc1. The number of nitro benzene ring substituents is 1. The van der Waals surface area contributed by atoms with Gasteiger partial charge in [-0.05, 0) is 36.4 Å². The van der Waals surface area contributed by atoms with E-state index in [1.807, 2.05) is 6.07 Å². The van der Waals surface area contributed by atoms with Crippen LogP contribution in [0.2, 0.25) is 0 Å². The molecule has 0 aromatic heterocycles. The number of benzene rings is 2. The molecular weight excluding hydrogens is 365 g/mol. The van der Waals surface area contributed by atoms with Crippen LogP contribution in [0, 0.1) is 21.4 Å². The van der Waals surface area contributed by atoms with Crippen molar-refractivity contribution >= 4 is 23.0 Å². The van der Waals surface area contributed by atoms with Crippen molar-refractivity contribution in [1.29, 1.82) is 5.26 Å². The van der Waals surface area contributed by atoms with E-state index in [1.165, 1.54) is 12.1 Å². The number of anilines is 2. The smallest absolute Gasteiger partial charge is 0.379 e. The van der Waals surface area contributed by atoms with Crippen molar-refractivity contribution < 1.29 is 22.9 Å². The largest absolute Gasteiger partial charge is 0.416 e. The second kappa shape index (κ2) is 8.18. The Labute approximate surface area is 151 Å². The number of rotatable bonds is 6. The van der Waals surface area contributed by atoms with Gasteiger partial charge in [-0.25, -0.2) is 0 Å². The van der Waals surface area contributed by atoms with Gasteiger partial charge in [0.15, 0.2) is 0 Å². The summed E-state index contributed by atoms with van der Waals surface area (Å²) in [7, 11) is 0. The molecule has 27 heavy (non-hydrogen) atoms. The van der Waals surface area contributed by atoms with Gasteiger partial charge >= 0.3 is 6.18 Å². The third-order valence-corrected chi connectivity index (χ3v) is 3.49. The van der Waals surface area contributed by atoms with Gasteiger partial charge in [0.25, 0.3) is 5.69 Å². The van der Waals surface area contributed by atoms with Crippen LogP contribution >= 0.6 is 0 Å². The molecule has 0 bridgehead atoms. The summed E-state index contributed by atoms with van der Waals surface area (Å²) in [4.78, 5) is 21.9. The summed E-state index contributed by atoms with van der Waals surface area (Å²) in [5, 5.41) is 24.9. The third kappa shape index (κ3) is 5.43. The maximum atomic E-state index is 12.7. The lowest BCUT2D eigenvalue weighted by Crippen LogP contribution is -2.16. The molecule has 0 aliphatic heterocycles. The fraction of sp³-hybridized carbons (Fsp3) is 0.176. The van der Waals surface area contributed by atoms with Crippen LogP contribution in [0.25, 0.3) is 0 Å². The summed E-state index contributed by atoms with van der Waals surface area (Å²) in [6.07, 6.45) is -4.76. The molecule has 140 valence electrons. The summed E-state index contributed by atoms with van der Waals surface area (Å²) >= 11 is 0. The van der Waals surface area contributed by atoms with E-state index in [4.69, 9.17) is 5.26 Å². The van der Waals surface area contributed by atoms with Crippen LogP contribution in [0.1, 0.15) is 17.5 Å². The molecule has 0 unspecified atom stereocenters. The van der Waals surface area contributed by atoms with Crippen molar-refractivity contribution in [2.24, 2.45) is 0 Å². The van der Waals surface area contributed by atoms with E-state index in [9.17, 15) is 28.1 Å². The molecule has 0 saturated carbocycles. The Morgan fingerprint density at radius 2 is 1.85 bits per heavy atom. The van der Waals surface area contributed by atoms with Gasteiger partial charge in [-0.2, -0.15) is 18.4 Å². The lowest BCUT2D eigenvalue weighted by atomic mass is 10.1. The van der Waals surface area contributed by atoms with Crippen LogP contribution in [0.15, 0.2) is 42.5 Å². The zero-order valence-corrected chi connectivity index (χ0v) is 13.7. The predicted octanol–water partition coefficient (Wildman–Crippen LogP) is 3.93. The van der Waals surface area contributed by atoms with Crippen molar-refractivity contribution in [2.45, 2.75) is 12.6 Å². The molecule has 2 aromatic carbocycles. The highest BCUT2D eigenvalue weighted by Gasteiger charge is 2.33. The molecule has 0 aliphatic rings. The first-order valence-electron chi connectivity index (χ1n) is 7.60. The number of halogens is 3. The minimum atomic E-state index is -4.69. The second-order valence-corrected chi connectivity index (χ2v) is 5.40. The van der Waals surface area contributed by atoms with Gasteiger partial charge in [-0.3, -0.25) is 14.9 Å². The molecule has 0 heterocycles. The number of amides is 1. The zero-order chi connectivity index (χ0) is 20.0. The minimum Gasteiger partial charge on any atom is -0.379 e. The number of hydrogen-bond donors (Lipinski definition) is 2. The van der Waals surface area contributed by atoms with Gasteiger partial charge in [0, 0.05) is 24.7 Å². The summed E-state index contributed by atoms with van der Waals surface area (Å²) in [6.45, 7) is -0.0195. The molecule has 0 aliphatic carbocycles. The Hall–Kier alpha value is -3.61. The Morgan fingerprint density at radius 3 is 2.41 bits per heavy atom. The molecule has 2 aromatic rings. The molecule has 0 atom stereocenters. The monoisotopic (exact) mass is 378 g/mol. The fourth-order valence-corrected chi connectivity index (χ4v) is 2.17. The maximum absolute atomic E-state index is 12.7. The maximum Gasteiger partial charge on any atom is 0.416 e. The van der Waals surface area contributed by atoms with Crippen LogP contribution < -0.4 is 10.6 Å². The summed E-state index contributed by atoms with van der Waals surface area (Å²) in [6, 6.07) is 10.2. The quantitative estimate of drug-likeness (QED) is 0.585. The Balaban J connectivity index is 1.96. The van der Waals surface area contributed by atoms with E-state index in [-0.39, 0.29) is 18.7 Å². The first kappa shape index (κ1) is 19.7. The average Bonchev–Trinajstić information content (AvgIpc) is 2.61. The van der Waals surface area contributed by atoms with Crippen LogP contribution in [-0.2, 0) is 11.0 Å². The van der Waals surface area contributed by atoms with E-state index in [2.05, 4.69) is 10.6 Å². The molecule has 7 nitrogen and oxygen atoms in total. The summed E-state index contributed by atoms with van der Waals surface area (Å²) in [5.41, 5.74) is -1.06. The van der Waals surface area contributed by atoms with Crippen LogP contribution in [-0.4, -0.2) is 17.4 Å². The van der Waals surface area contributed by atoms with Gasteiger partial charge in [0.2, 0.25) is 5.91 Å². The van der Waals surface area contributed by atoms with Gasteiger partial charge in [-0.1, -0.05) is 0 Å². The number of nitrogens with one attached hydrogen (secondary N) is 2. The number of nitro groups is 1. The Bertz CT molecular complexity index is 890. The number of carbonyl (C=O) groups is 1. The predicted molar refractivity (Wildman–Crippen MR) is 91.0 cm³/mol. The summed E-state index contributed by atoms with van der Waals surface area (Å²) < 4.78 is 38.0. The first-order valence-corrected chi connectivity index (χ1v) is 7.60. The number of nitrogens with zero attached hydrogens (tertiary/aromatic N) is 2. The van der Waals surface area contributed by atoms with E-state index in [0.717, 1.165) is 12.1 Å². The van der Waals surface area contributed by atoms with E-state index in [1.54, 1.807) is 12.1 Å². The standard InChI is InChI=1S/C17H13F3N4O3/c18-17(19,20)12-3-6-14(15(9-12)24(26)27)22-8-7-16(25)23-13-4-1-11(10-21)2-5-13/h1-6,9,22H,7-8H2,(H,23,25). The van der Waals surface area contributed by atoms with Gasteiger partial charge in [0.05, 0.1) is 22.1 Å². The first-order chi connectivity index (χ1) is 12.7. The van der Waals surface area contributed by atoms with Gasteiger partial charge in [0.1, 0.15) is 5.69 Å². The molecule has 0 saturated heterocycles. The lowest BCUT2D eigenvalue weighted by Gasteiger charge is -2.11. The van der Waals surface area contributed by atoms with E-state index in [0.29, 0.717) is 17.3 Å². The zero-order valence-electron chi connectivity index (χ0n) is 13.7. The summed E-state index contributed by atoms with van der Waals surface area (Å²) in [5.74, 6) is -0.401. The van der Waals surface area contributed by atoms with Crippen LogP contribution in [0.3, 0.4) is 0 Å². The molecule has 10 heteroatoms. The van der Waals surface area contributed by atoms with Crippen molar-refractivity contribution in [3.63, 3.8) is 0 Å². The van der Waals surface area contributed by atoms with Gasteiger partial charge in [-0.15, -0.1) is 0 Å². The highest BCUT2D eigenvalue weighted by atomic mass is 19.4. The molecular formula is C17H13F3N4O3. The van der Waals surface area contributed by atoms with E-state index >= 15 is 0 Å². The molecule has 0 spiro atoms. The highest BCUT2D eigenvalue weighted by Crippen LogP contribution is 2.34. The Kier molecular flexibility index (Phi) is 5.97. The fourth-order valence-electron chi connectivity index (χ4n) is 2.17. The normalized spacial score (nSPS) is 10.7. The average molecular weight is 378 g/mol. The third-order valence-electron chi connectivity index (χ3n) is 3.49. The number of alkyl halides is 3. The minimum absolute atomic E-state index is 0.0195. The van der Waals surface area contributed by atoms with Crippen molar-refractivity contribution in [3.8, 4) is 6.07 Å². The molecule has 2 N–H and O–H groups in total.